The number of aromatic nitrogens is 2. The number of aryl methyl sites for hydroxylation is 1. The van der Waals surface area contributed by atoms with Gasteiger partial charge in [-0.2, -0.15) is 0 Å². The summed E-state index contributed by atoms with van der Waals surface area (Å²) in [6.45, 7) is 4.03. The van der Waals surface area contributed by atoms with Crippen LogP contribution in [0.25, 0.3) is 0 Å². The third kappa shape index (κ3) is 8.08. The Morgan fingerprint density at radius 2 is 2.00 bits per heavy atom. The Balaban J connectivity index is 1.58. The SMILES string of the molecule is COCCNc1nnc(SCC(=O)NCCSc2ccc(C)cc2)s1. The zero-order valence-electron chi connectivity index (χ0n) is 14.3. The minimum absolute atomic E-state index is 0.0126. The van der Waals surface area contributed by atoms with E-state index in [0.717, 1.165) is 15.2 Å². The molecule has 1 amide bonds. The lowest BCUT2D eigenvalue weighted by Gasteiger charge is -2.04. The van der Waals surface area contributed by atoms with Crippen molar-refractivity contribution in [2.24, 2.45) is 0 Å². The summed E-state index contributed by atoms with van der Waals surface area (Å²) < 4.78 is 5.75. The van der Waals surface area contributed by atoms with Gasteiger partial charge >= 0.3 is 0 Å². The number of hydrogen-bond donors (Lipinski definition) is 2. The largest absolute Gasteiger partial charge is 0.383 e. The van der Waals surface area contributed by atoms with Crippen LogP contribution in [0.15, 0.2) is 33.5 Å². The molecule has 2 N–H and O–H groups in total. The van der Waals surface area contributed by atoms with Crippen molar-refractivity contribution in [1.29, 1.82) is 0 Å². The molecular weight excluding hydrogens is 376 g/mol. The molecule has 25 heavy (non-hydrogen) atoms. The summed E-state index contributed by atoms with van der Waals surface area (Å²) in [6.07, 6.45) is 0. The third-order valence-corrected chi connectivity index (χ3v) is 6.06. The molecule has 136 valence electrons. The predicted octanol–water partition coefficient (Wildman–Crippen LogP) is 2.91. The Morgan fingerprint density at radius 1 is 1.20 bits per heavy atom. The molecule has 0 bridgehead atoms. The fourth-order valence-corrected chi connectivity index (χ4v) is 4.15. The lowest BCUT2D eigenvalue weighted by Crippen LogP contribution is -2.27. The molecule has 0 aliphatic rings. The fraction of sp³-hybridized carbons (Fsp3) is 0.438. The fourth-order valence-electron chi connectivity index (χ4n) is 1.77. The highest BCUT2D eigenvalue weighted by molar-refractivity contribution is 8.01. The molecule has 0 spiro atoms. The minimum atomic E-state index is 0.0126. The van der Waals surface area contributed by atoms with Crippen LogP contribution >= 0.6 is 34.9 Å². The normalized spacial score (nSPS) is 10.6. The number of carbonyl (C=O) groups excluding carboxylic acids is 1. The quantitative estimate of drug-likeness (QED) is 0.445. The number of ether oxygens (including phenoxy) is 1. The summed E-state index contributed by atoms with van der Waals surface area (Å²) >= 11 is 4.58. The molecule has 0 atom stereocenters. The summed E-state index contributed by atoms with van der Waals surface area (Å²) in [6, 6.07) is 8.40. The number of hydrogen-bond acceptors (Lipinski definition) is 8. The van der Waals surface area contributed by atoms with Crippen molar-refractivity contribution in [3.8, 4) is 0 Å². The van der Waals surface area contributed by atoms with Gasteiger partial charge in [-0.25, -0.2) is 0 Å². The van der Waals surface area contributed by atoms with Crippen LogP contribution in [0.1, 0.15) is 5.56 Å². The van der Waals surface area contributed by atoms with Crippen molar-refractivity contribution >= 4 is 45.9 Å². The van der Waals surface area contributed by atoms with Crippen LogP contribution in [-0.4, -0.2) is 54.4 Å². The molecular formula is C16H22N4O2S3. The second-order valence-electron chi connectivity index (χ2n) is 5.09. The van der Waals surface area contributed by atoms with Crippen LogP contribution in [0.2, 0.25) is 0 Å². The molecule has 2 rings (SSSR count). The first-order valence-corrected chi connectivity index (χ1v) is 10.6. The summed E-state index contributed by atoms with van der Waals surface area (Å²) in [7, 11) is 1.65. The summed E-state index contributed by atoms with van der Waals surface area (Å²) in [5.41, 5.74) is 1.25. The van der Waals surface area contributed by atoms with Crippen LogP contribution in [0.3, 0.4) is 0 Å². The zero-order chi connectivity index (χ0) is 17.9. The number of rotatable bonds is 11. The number of amides is 1. The average Bonchev–Trinajstić information content (AvgIpc) is 3.06. The van der Waals surface area contributed by atoms with Crippen molar-refractivity contribution in [2.45, 2.75) is 16.2 Å². The lowest BCUT2D eigenvalue weighted by atomic mass is 10.2. The highest BCUT2D eigenvalue weighted by atomic mass is 32.2. The first-order valence-electron chi connectivity index (χ1n) is 7.82. The second kappa shape index (κ2) is 11.3. The smallest absolute Gasteiger partial charge is 0.230 e. The average molecular weight is 399 g/mol. The van der Waals surface area contributed by atoms with E-state index in [1.165, 1.54) is 33.6 Å². The standard InChI is InChI=1S/C16H22N4O2S3/c1-12-3-5-13(6-4-12)23-10-8-17-14(21)11-24-16-20-19-15(25-16)18-7-9-22-2/h3-6H,7-11H2,1-2H3,(H,17,21)(H,18,19). The van der Waals surface area contributed by atoms with Gasteiger partial charge in [-0.3, -0.25) is 4.79 Å². The van der Waals surface area contributed by atoms with Gasteiger partial charge in [-0.1, -0.05) is 40.8 Å². The maximum atomic E-state index is 11.9. The van der Waals surface area contributed by atoms with E-state index in [-0.39, 0.29) is 5.91 Å². The Hall–Kier alpha value is -1.29. The monoisotopic (exact) mass is 398 g/mol. The molecule has 0 unspecified atom stereocenters. The zero-order valence-corrected chi connectivity index (χ0v) is 16.7. The molecule has 0 saturated carbocycles. The van der Waals surface area contributed by atoms with Crippen LogP contribution in [0, 0.1) is 6.92 Å². The van der Waals surface area contributed by atoms with Gasteiger partial charge in [0, 0.05) is 30.8 Å². The van der Waals surface area contributed by atoms with E-state index >= 15 is 0 Å². The van der Waals surface area contributed by atoms with Crippen molar-refractivity contribution in [1.82, 2.24) is 15.5 Å². The van der Waals surface area contributed by atoms with E-state index in [1.807, 2.05) is 0 Å². The first-order chi connectivity index (χ1) is 12.2. The molecule has 2 aromatic rings. The molecule has 6 nitrogen and oxygen atoms in total. The summed E-state index contributed by atoms with van der Waals surface area (Å²) in [5.74, 6) is 1.21. The minimum Gasteiger partial charge on any atom is -0.383 e. The molecule has 0 aliphatic heterocycles. The topological polar surface area (TPSA) is 76.1 Å². The number of methoxy groups -OCH3 is 1. The molecule has 1 heterocycles. The highest BCUT2D eigenvalue weighted by Gasteiger charge is 2.07. The second-order valence-corrected chi connectivity index (χ2v) is 8.46. The number of thioether (sulfide) groups is 2. The van der Waals surface area contributed by atoms with E-state index < -0.39 is 0 Å². The van der Waals surface area contributed by atoms with Crippen LogP contribution in [0.5, 0.6) is 0 Å². The van der Waals surface area contributed by atoms with E-state index in [9.17, 15) is 4.79 Å². The van der Waals surface area contributed by atoms with Crippen LogP contribution in [0.4, 0.5) is 5.13 Å². The van der Waals surface area contributed by atoms with Gasteiger partial charge in [0.15, 0.2) is 4.34 Å². The highest BCUT2D eigenvalue weighted by Crippen LogP contribution is 2.25. The van der Waals surface area contributed by atoms with E-state index in [1.54, 1.807) is 18.9 Å². The van der Waals surface area contributed by atoms with E-state index in [0.29, 0.717) is 25.4 Å². The van der Waals surface area contributed by atoms with Crippen molar-refractivity contribution in [3.05, 3.63) is 29.8 Å². The van der Waals surface area contributed by atoms with E-state index in [2.05, 4.69) is 52.0 Å². The van der Waals surface area contributed by atoms with Gasteiger partial charge in [0.2, 0.25) is 11.0 Å². The van der Waals surface area contributed by atoms with Crippen molar-refractivity contribution in [3.63, 3.8) is 0 Å². The molecule has 1 aromatic heterocycles. The van der Waals surface area contributed by atoms with Gasteiger partial charge in [0.1, 0.15) is 0 Å². The lowest BCUT2D eigenvalue weighted by molar-refractivity contribution is -0.118. The number of benzene rings is 1. The number of nitrogens with zero attached hydrogens (tertiary/aromatic N) is 2. The Labute approximate surface area is 160 Å². The van der Waals surface area contributed by atoms with Gasteiger partial charge in [-0.15, -0.1) is 22.0 Å². The maximum Gasteiger partial charge on any atom is 0.230 e. The van der Waals surface area contributed by atoms with Gasteiger partial charge < -0.3 is 15.4 Å². The van der Waals surface area contributed by atoms with Crippen molar-refractivity contribution < 1.29 is 9.53 Å². The maximum absolute atomic E-state index is 11.9. The number of carbonyl (C=O) groups is 1. The predicted molar refractivity (Wildman–Crippen MR) is 106 cm³/mol. The molecule has 0 aliphatic carbocycles. The number of anilines is 1. The molecule has 0 fully saturated rings. The van der Waals surface area contributed by atoms with E-state index in [4.69, 9.17) is 4.74 Å². The third-order valence-electron chi connectivity index (χ3n) is 3.03. The molecule has 1 aromatic carbocycles. The summed E-state index contributed by atoms with van der Waals surface area (Å²) in [5, 5.41) is 14.9. The van der Waals surface area contributed by atoms with Gasteiger partial charge in [0.25, 0.3) is 0 Å². The summed E-state index contributed by atoms with van der Waals surface area (Å²) in [4.78, 5) is 13.1. The molecule has 9 heteroatoms. The Morgan fingerprint density at radius 3 is 2.76 bits per heavy atom. The van der Waals surface area contributed by atoms with Gasteiger partial charge in [-0.05, 0) is 19.1 Å². The van der Waals surface area contributed by atoms with Crippen molar-refractivity contribution in [2.75, 3.05) is 43.6 Å². The number of nitrogens with one attached hydrogen (secondary N) is 2. The van der Waals surface area contributed by atoms with Gasteiger partial charge in [0.05, 0.1) is 12.4 Å². The Bertz CT molecular complexity index is 649. The van der Waals surface area contributed by atoms with Crippen LogP contribution in [-0.2, 0) is 9.53 Å². The molecule has 0 saturated heterocycles. The van der Waals surface area contributed by atoms with Crippen LogP contribution < -0.4 is 10.6 Å². The Kier molecular flexibility index (Phi) is 9.09. The first kappa shape index (κ1) is 20.0. The molecule has 0 radical (unpaired) electrons.